The molecule has 7 heteroatoms. The van der Waals surface area contributed by atoms with Gasteiger partial charge in [0.2, 0.25) is 0 Å². The molecule has 0 aliphatic carbocycles. The zero-order valence-corrected chi connectivity index (χ0v) is 20.8. The molecule has 1 atom stereocenters. The van der Waals surface area contributed by atoms with Gasteiger partial charge in [0.15, 0.2) is 5.96 Å². The van der Waals surface area contributed by atoms with Crippen molar-refractivity contribution >= 4 is 41.3 Å². The van der Waals surface area contributed by atoms with Gasteiger partial charge in [-0.05, 0) is 38.9 Å². The van der Waals surface area contributed by atoms with Crippen LogP contribution >= 0.6 is 35.3 Å². The molecule has 0 amide bonds. The summed E-state index contributed by atoms with van der Waals surface area (Å²) in [5, 5.41) is 8.05. The van der Waals surface area contributed by atoms with Crippen LogP contribution in [0.15, 0.2) is 35.3 Å². The van der Waals surface area contributed by atoms with Crippen LogP contribution in [0.1, 0.15) is 35.0 Å². The number of halogens is 1. The molecule has 1 aromatic heterocycles. The number of hydrogen-bond donors (Lipinski definition) is 2. The quantitative estimate of drug-likeness (QED) is 0.301. The molecular formula is C21H34IN5S. The Balaban J connectivity index is 0.00000392. The number of rotatable bonds is 9. The molecule has 2 aromatic rings. The van der Waals surface area contributed by atoms with Gasteiger partial charge in [-0.2, -0.15) is 0 Å². The lowest BCUT2D eigenvalue weighted by Gasteiger charge is -2.30. The molecule has 28 heavy (non-hydrogen) atoms. The summed E-state index contributed by atoms with van der Waals surface area (Å²) in [4.78, 5) is 12.7. The lowest BCUT2D eigenvalue weighted by Crippen LogP contribution is -2.48. The lowest BCUT2D eigenvalue weighted by atomic mass is 10.0. The number of thiazole rings is 1. The van der Waals surface area contributed by atoms with Crippen LogP contribution < -0.4 is 10.6 Å². The maximum absolute atomic E-state index is 4.49. The molecule has 2 N–H and O–H groups in total. The van der Waals surface area contributed by atoms with Crippen LogP contribution in [0.2, 0.25) is 0 Å². The Bertz CT molecular complexity index is 713. The summed E-state index contributed by atoms with van der Waals surface area (Å²) in [6.45, 7) is 12.3. The number of nitrogens with one attached hydrogen (secondary N) is 2. The minimum atomic E-state index is 0. The van der Waals surface area contributed by atoms with E-state index in [0.29, 0.717) is 6.04 Å². The van der Waals surface area contributed by atoms with Crippen molar-refractivity contribution < 1.29 is 0 Å². The molecule has 1 heterocycles. The van der Waals surface area contributed by atoms with Gasteiger partial charge in [0.05, 0.1) is 17.2 Å². The molecule has 0 spiro atoms. The van der Waals surface area contributed by atoms with Gasteiger partial charge in [0.1, 0.15) is 0 Å². The molecule has 2 rings (SSSR count). The first kappa shape index (κ1) is 24.8. The molecule has 0 aliphatic rings. The molecule has 0 saturated heterocycles. The van der Waals surface area contributed by atoms with Gasteiger partial charge in [0.25, 0.3) is 0 Å². The zero-order valence-electron chi connectivity index (χ0n) is 17.7. The van der Waals surface area contributed by atoms with Gasteiger partial charge in [0, 0.05) is 24.5 Å². The summed E-state index contributed by atoms with van der Waals surface area (Å²) in [5.41, 5.74) is 2.47. The van der Waals surface area contributed by atoms with Crippen molar-refractivity contribution in [3.05, 3.63) is 51.5 Å². The Kier molecular flexibility index (Phi) is 11.6. The first-order valence-electron chi connectivity index (χ1n) is 9.72. The predicted octanol–water partition coefficient (Wildman–Crippen LogP) is 4.00. The molecule has 1 aromatic carbocycles. The van der Waals surface area contributed by atoms with E-state index in [0.717, 1.165) is 49.3 Å². The summed E-state index contributed by atoms with van der Waals surface area (Å²) in [6, 6.07) is 11.1. The molecule has 0 saturated carbocycles. The monoisotopic (exact) mass is 515 g/mol. The zero-order chi connectivity index (χ0) is 19.6. The van der Waals surface area contributed by atoms with Crippen LogP contribution in [0.25, 0.3) is 0 Å². The highest BCUT2D eigenvalue weighted by Crippen LogP contribution is 2.16. The number of nitrogens with zero attached hydrogens (tertiary/aromatic N) is 3. The summed E-state index contributed by atoms with van der Waals surface area (Å²) in [5.74, 6) is 0.839. The Morgan fingerprint density at radius 3 is 2.36 bits per heavy atom. The number of aromatic nitrogens is 1. The molecule has 0 aliphatic heterocycles. The average Bonchev–Trinajstić information content (AvgIpc) is 3.00. The molecule has 1 unspecified atom stereocenters. The minimum Gasteiger partial charge on any atom is -0.355 e. The van der Waals surface area contributed by atoms with E-state index in [-0.39, 0.29) is 24.0 Å². The van der Waals surface area contributed by atoms with Crippen molar-refractivity contribution in [3.8, 4) is 0 Å². The number of guanidine groups is 1. The first-order chi connectivity index (χ1) is 13.1. The highest BCUT2D eigenvalue weighted by atomic mass is 127. The predicted molar refractivity (Wildman–Crippen MR) is 132 cm³/mol. The summed E-state index contributed by atoms with van der Waals surface area (Å²) >= 11 is 1.74. The molecule has 0 fully saturated rings. The average molecular weight is 516 g/mol. The first-order valence-corrected chi connectivity index (χ1v) is 10.5. The van der Waals surface area contributed by atoms with Crippen LogP contribution in [0, 0.1) is 13.8 Å². The van der Waals surface area contributed by atoms with E-state index in [1.807, 2.05) is 14.0 Å². The summed E-state index contributed by atoms with van der Waals surface area (Å²) in [7, 11) is 1.82. The number of aliphatic imine (C=N–C) groups is 1. The van der Waals surface area contributed by atoms with Crippen LogP contribution in [0.5, 0.6) is 0 Å². The largest absolute Gasteiger partial charge is 0.355 e. The van der Waals surface area contributed by atoms with Crippen molar-refractivity contribution in [2.24, 2.45) is 4.99 Å². The third-order valence-electron chi connectivity index (χ3n) is 4.79. The maximum atomic E-state index is 4.49. The Morgan fingerprint density at radius 1 is 1.14 bits per heavy atom. The second-order valence-corrected chi connectivity index (χ2v) is 7.90. The maximum Gasteiger partial charge on any atom is 0.191 e. The second kappa shape index (κ2) is 13.1. The topological polar surface area (TPSA) is 52.5 Å². The Labute approximate surface area is 191 Å². The van der Waals surface area contributed by atoms with E-state index in [4.69, 9.17) is 0 Å². The van der Waals surface area contributed by atoms with Crippen molar-refractivity contribution in [3.63, 3.8) is 0 Å². The standard InChI is InChI=1S/C21H33N5S.HI/c1-6-26(7-2)19(13-18-11-9-8-10-12-18)14-23-21(22-5)24-15-20-16(3)25-17(4)27-20;/h8-12,19H,6-7,13-15H2,1-5H3,(H2,22,23,24);1H. The van der Waals surface area contributed by atoms with Gasteiger partial charge in [-0.3, -0.25) is 9.89 Å². The van der Waals surface area contributed by atoms with E-state index >= 15 is 0 Å². The number of likely N-dealkylation sites (N-methyl/N-ethyl adjacent to an activating group) is 1. The second-order valence-electron chi connectivity index (χ2n) is 6.61. The van der Waals surface area contributed by atoms with E-state index in [1.165, 1.54) is 10.4 Å². The van der Waals surface area contributed by atoms with Crippen LogP contribution in [-0.4, -0.2) is 48.6 Å². The molecule has 0 radical (unpaired) electrons. The highest BCUT2D eigenvalue weighted by molar-refractivity contribution is 14.0. The van der Waals surface area contributed by atoms with Gasteiger partial charge < -0.3 is 10.6 Å². The molecule has 156 valence electrons. The Hall–Kier alpha value is -1.19. The van der Waals surface area contributed by atoms with Gasteiger partial charge in [-0.1, -0.05) is 44.2 Å². The van der Waals surface area contributed by atoms with Crippen LogP contribution in [0.3, 0.4) is 0 Å². The molecular weight excluding hydrogens is 481 g/mol. The van der Waals surface area contributed by atoms with E-state index < -0.39 is 0 Å². The number of benzene rings is 1. The Morgan fingerprint density at radius 2 is 1.82 bits per heavy atom. The van der Waals surface area contributed by atoms with Crippen molar-refractivity contribution in [2.45, 2.75) is 46.7 Å². The fraction of sp³-hybridized carbons (Fsp3) is 0.524. The number of hydrogen-bond acceptors (Lipinski definition) is 4. The lowest BCUT2D eigenvalue weighted by molar-refractivity contribution is 0.215. The van der Waals surface area contributed by atoms with Crippen molar-refractivity contribution in [1.82, 2.24) is 20.5 Å². The van der Waals surface area contributed by atoms with Crippen molar-refractivity contribution in [2.75, 3.05) is 26.7 Å². The van der Waals surface area contributed by atoms with Crippen molar-refractivity contribution in [1.29, 1.82) is 0 Å². The van der Waals surface area contributed by atoms with Gasteiger partial charge in [-0.15, -0.1) is 35.3 Å². The normalized spacial score (nSPS) is 12.6. The van der Waals surface area contributed by atoms with Gasteiger partial charge in [-0.25, -0.2) is 4.98 Å². The van der Waals surface area contributed by atoms with Crippen LogP contribution in [0.4, 0.5) is 0 Å². The molecule has 5 nitrogen and oxygen atoms in total. The minimum absolute atomic E-state index is 0. The number of aryl methyl sites for hydroxylation is 2. The smallest absolute Gasteiger partial charge is 0.191 e. The third-order valence-corrected chi connectivity index (χ3v) is 5.86. The SMILES string of the molecule is CCN(CC)C(CNC(=NC)NCc1sc(C)nc1C)Cc1ccccc1.I. The van der Waals surface area contributed by atoms with Gasteiger partial charge >= 0.3 is 0 Å². The molecule has 0 bridgehead atoms. The fourth-order valence-electron chi connectivity index (χ4n) is 3.29. The van der Waals surface area contributed by atoms with Crippen LogP contribution in [-0.2, 0) is 13.0 Å². The van der Waals surface area contributed by atoms with E-state index in [2.05, 4.69) is 76.6 Å². The third kappa shape index (κ3) is 7.67. The fourth-order valence-corrected chi connectivity index (χ4v) is 4.17. The van der Waals surface area contributed by atoms with E-state index in [1.54, 1.807) is 11.3 Å². The summed E-state index contributed by atoms with van der Waals surface area (Å²) < 4.78 is 0. The summed E-state index contributed by atoms with van der Waals surface area (Å²) in [6.07, 6.45) is 1.03. The van der Waals surface area contributed by atoms with E-state index in [9.17, 15) is 0 Å². The highest BCUT2D eigenvalue weighted by Gasteiger charge is 2.17.